The average Bonchev–Trinajstić information content (AvgIpc) is 2.17. The molecule has 0 atom stereocenters. The zero-order chi connectivity index (χ0) is 11.7. The summed E-state index contributed by atoms with van der Waals surface area (Å²) in [5.41, 5.74) is -0.0532. The van der Waals surface area contributed by atoms with Crippen molar-refractivity contribution in [1.29, 1.82) is 0 Å². The van der Waals surface area contributed by atoms with Gasteiger partial charge >= 0.3 is 11.9 Å². The summed E-state index contributed by atoms with van der Waals surface area (Å²) < 4.78 is 0. The zero-order valence-corrected chi connectivity index (χ0v) is 7.84. The molecular formula is C9H11NO5. The van der Waals surface area contributed by atoms with Gasteiger partial charge in [0.15, 0.2) is 0 Å². The van der Waals surface area contributed by atoms with Gasteiger partial charge in [0.25, 0.3) is 0 Å². The van der Waals surface area contributed by atoms with Crippen LogP contribution in [0.2, 0.25) is 0 Å². The van der Waals surface area contributed by atoms with Crippen molar-refractivity contribution in [2.24, 2.45) is 0 Å². The number of carbonyl (C=O) groups is 2. The summed E-state index contributed by atoms with van der Waals surface area (Å²) in [6.45, 7) is 0. The fourth-order valence-corrected chi connectivity index (χ4v) is 0.591. The second kappa shape index (κ2) is 7.31. The van der Waals surface area contributed by atoms with Crippen molar-refractivity contribution in [2.45, 2.75) is 12.8 Å². The predicted molar refractivity (Wildman–Crippen MR) is 51.6 cm³/mol. The van der Waals surface area contributed by atoms with Gasteiger partial charge in [-0.2, -0.15) is 0 Å². The highest BCUT2D eigenvalue weighted by Gasteiger charge is 2.00. The molecule has 1 heterocycles. The summed E-state index contributed by atoms with van der Waals surface area (Å²) in [5.74, 6) is -2.15. The van der Waals surface area contributed by atoms with Gasteiger partial charge < -0.3 is 15.2 Å². The minimum absolute atomic E-state index is 0.0532. The molecule has 0 aromatic carbocycles. The third-order valence-electron chi connectivity index (χ3n) is 1.23. The summed E-state index contributed by atoms with van der Waals surface area (Å²) in [7, 11) is 0. The molecule has 0 radical (unpaired) electrons. The van der Waals surface area contributed by atoms with E-state index in [0.29, 0.717) is 0 Å². The van der Waals surface area contributed by atoms with E-state index in [1.54, 1.807) is 18.3 Å². The number of pyridine rings is 1. The summed E-state index contributed by atoms with van der Waals surface area (Å²) in [6, 6.07) is 4.93. The number of carboxylic acids is 2. The average molecular weight is 213 g/mol. The molecule has 0 spiro atoms. The van der Waals surface area contributed by atoms with Crippen molar-refractivity contribution in [2.75, 3.05) is 0 Å². The van der Waals surface area contributed by atoms with E-state index in [4.69, 9.17) is 10.2 Å². The molecule has 0 bridgehead atoms. The van der Waals surface area contributed by atoms with E-state index < -0.39 is 11.9 Å². The van der Waals surface area contributed by atoms with Crippen molar-refractivity contribution >= 4 is 11.9 Å². The highest BCUT2D eigenvalue weighted by Crippen LogP contribution is 1.86. The summed E-state index contributed by atoms with van der Waals surface area (Å²) in [5, 5.41) is 15.8. The van der Waals surface area contributed by atoms with Gasteiger partial charge in [-0.3, -0.25) is 14.4 Å². The molecule has 0 unspecified atom stereocenters. The van der Waals surface area contributed by atoms with Crippen LogP contribution in [0.3, 0.4) is 0 Å². The monoisotopic (exact) mass is 213 g/mol. The normalized spacial score (nSPS) is 8.53. The van der Waals surface area contributed by atoms with E-state index in [0.717, 1.165) is 0 Å². The second-order valence-electron chi connectivity index (χ2n) is 2.51. The standard InChI is InChI=1S/C5H5NO.C4H6O4/c7-5-3-1-2-4-6-5;5-3(6)1-2-4(7)8/h1-4H,(H,6,7);1-2H2,(H,5,6)(H,7,8). The van der Waals surface area contributed by atoms with Crippen molar-refractivity contribution in [3.8, 4) is 0 Å². The van der Waals surface area contributed by atoms with Gasteiger partial charge in [-0.05, 0) is 6.07 Å². The topological polar surface area (TPSA) is 107 Å². The van der Waals surface area contributed by atoms with Crippen molar-refractivity contribution < 1.29 is 19.8 Å². The molecule has 1 rings (SSSR count). The first-order valence-corrected chi connectivity index (χ1v) is 4.09. The van der Waals surface area contributed by atoms with Gasteiger partial charge in [-0.15, -0.1) is 0 Å². The third kappa shape index (κ3) is 9.81. The lowest BCUT2D eigenvalue weighted by Gasteiger charge is -1.85. The Morgan fingerprint density at radius 3 is 1.87 bits per heavy atom. The van der Waals surface area contributed by atoms with Gasteiger partial charge in [0.2, 0.25) is 5.56 Å². The van der Waals surface area contributed by atoms with Crippen LogP contribution in [0.5, 0.6) is 0 Å². The fourth-order valence-electron chi connectivity index (χ4n) is 0.591. The van der Waals surface area contributed by atoms with Crippen LogP contribution < -0.4 is 5.56 Å². The van der Waals surface area contributed by atoms with Crippen LogP contribution in [0, 0.1) is 0 Å². The summed E-state index contributed by atoms with van der Waals surface area (Å²) in [4.78, 5) is 32.0. The Morgan fingerprint density at radius 1 is 1.13 bits per heavy atom. The Labute approximate surface area is 85.2 Å². The second-order valence-corrected chi connectivity index (χ2v) is 2.51. The minimum atomic E-state index is -1.08. The van der Waals surface area contributed by atoms with Crippen LogP contribution >= 0.6 is 0 Å². The number of aromatic nitrogens is 1. The van der Waals surface area contributed by atoms with Crippen LogP contribution in [0.25, 0.3) is 0 Å². The first kappa shape index (κ1) is 12.9. The first-order chi connectivity index (χ1) is 7.02. The molecule has 0 fully saturated rings. The van der Waals surface area contributed by atoms with Crippen molar-refractivity contribution in [3.63, 3.8) is 0 Å². The molecule has 0 saturated heterocycles. The molecule has 0 aliphatic heterocycles. The quantitative estimate of drug-likeness (QED) is 0.669. The van der Waals surface area contributed by atoms with E-state index >= 15 is 0 Å². The number of aliphatic carboxylic acids is 2. The van der Waals surface area contributed by atoms with Crippen LogP contribution in [0.1, 0.15) is 12.8 Å². The van der Waals surface area contributed by atoms with Gasteiger partial charge in [0.05, 0.1) is 12.8 Å². The molecule has 1 aromatic heterocycles. The van der Waals surface area contributed by atoms with E-state index in [9.17, 15) is 14.4 Å². The molecule has 1 aromatic rings. The smallest absolute Gasteiger partial charge is 0.303 e. The molecule has 0 saturated carbocycles. The maximum absolute atomic E-state index is 10.2. The fraction of sp³-hybridized carbons (Fsp3) is 0.222. The highest BCUT2D eigenvalue weighted by atomic mass is 16.4. The van der Waals surface area contributed by atoms with Crippen molar-refractivity contribution in [3.05, 3.63) is 34.7 Å². The van der Waals surface area contributed by atoms with E-state index in [2.05, 4.69) is 4.98 Å². The molecular weight excluding hydrogens is 202 g/mol. The molecule has 3 N–H and O–H groups in total. The SMILES string of the molecule is O=C(O)CCC(=O)O.O=c1cccc[nH]1. The minimum Gasteiger partial charge on any atom is -0.481 e. The summed E-state index contributed by atoms with van der Waals surface area (Å²) >= 11 is 0. The number of hydrogen-bond acceptors (Lipinski definition) is 3. The highest BCUT2D eigenvalue weighted by molar-refractivity contribution is 5.75. The van der Waals surface area contributed by atoms with E-state index in [1.807, 2.05) is 0 Å². The lowest BCUT2D eigenvalue weighted by Crippen LogP contribution is -2.00. The van der Waals surface area contributed by atoms with Gasteiger partial charge in [0.1, 0.15) is 0 Å². The maximum Gasteiger partial charge on any atom is 0.303 e. The molecule has 15 heavy (non-hydrogen) atoms. The number of H-pyrrole nitrogens is 1. The Hall–Kier alpha value is -2.11. The molecule has 6 nitrogen and oxygen atoms in total. The molecule has 0 aliphatic carbocycles. The maximum atomic E-state index is 10.2. The largest absolute Gasteiger partial charge is 0.481 e. The van der Waals surface area contributed by atoms with Crippen molar-refractivity contribution in [1.82, 2.24) is 4.98 Å². The molecule has 0 amide bonds. The Balaban J connectivity index is 0.000000262. The van der Waals surface area contributed by atoms with Crippen LogP contribution in [0.15, 0.2) is 29.2 Å². The van der Waals surface area contributed by atoms with Gasteiger partial charge in [-0.25, -0.2) is 0 Å². The van der Waals surface area contributed by atoms with E-state index in [-0.39, 0.29) is 18.4 Å². The number of aromatic amines is 1. The first-order valence-electron chi connectivity index (χ1n) is 4.09. The number of rotatable bonds is 3. The number of hydrogen-bond donors (Lipinski definition) is 3. The van der Waals surface area contributed by atoms with Crippen LogP contribution in [0.4, 0.5) is 0 Å². The Bertz CT molecular complexity index is 339. The summed E-state index contributed by atoms with van der Waals surface area (Å²) in [6.07, 6.45) is 1.01. The number of nitrogens with one attached hydrogen (secondary N) is 1. The Morgan fingerprint density at radius 2 is 1.67 bits per heavy atom. The van der Waals surface area contributed by atoms with Gasteiger partial charge in [-0.1, -0.05) is 6.07 Å². The Kier molecular flexibility index (Phi) is 6.28. The lowest BCUT2D eigenvalue weighted by atomic mass is 10.3. The number of carboxylic acid groups (broad SMARTS) is 2. The van der Waals surface area contributed by atoms with Crippen LogP contribution in [-0.4, -0.2) is 27.1 Å². The third-order valence-corrected chi connectivity index (χ3v) is 1.23. The molecule has 6 heteroatoms. The van der Waals surface area contributed by atoms with E-state index in [1.165, 1.54) is 6.07 Å². The molecule has 0 aliphatic rings. The lowest BCUT2D eigenvalue weighted by molar-refractivity contribution is -0.143. The van der Waals surface area contributed by atoms with Gasteiger partial charge in [0, 0.05) is 12.3 Å². The van der Waals surface area contributed by atoms with Crippen LogP contribution in [-0.2, 0) is 9.59 Å². The predicted octanol–water partition coefficient (Wildman–Crippen LogP) is 0.311. The zero-order valence-electron chi connectivity index (χ0n) is 7.84. The molecule has 82 valence electrons.